The monoisotopic (exact) mass is 349 g/mol. The number of pyridine rings is 1. The summed E-state index contributed by atoms with van der Waals surface area (Å²) in [6, 6.07) is 12.2. The van der Waals surface area contributed by atoms with Crippen LogP contribution in [0.15, 0.2) is 40.9 Å². The van der Waals surface area contributed by atoms with E-state index < -0.39 is 0 Å². The van der Waals surface area contributed by atoms with E-state index >= 15 is 0 Å². The lowest BCUT2D eigenvalue weighted by molar-refractivity contribution is 0.769. The molecule has 5 heteroatoms. The van der Waals surface area contributed by atoms with E-state index in [2.05, 4.69) is 42.6 Å². The molecule has 0 saturated heterocycles. The summed E-state index contributed by atoms with van der Waals surface area (Å²) in [7, 11) is 0. The fraction of sp³-hybridized carbons (Fsp3) is 0.200. The van der Waals surface area contributed by atoms with Gasteiger partial charge in [-0.05, 0) is 36.8 Å². The third kappa shape index (κ3) is 2.58. The van der Waals surface area contributed by atoms with Gasteiger partial charge in [-0.2, -0.15) is 0 Å². The van der Waals surface area contributed by atoms with Gasteiger partial charge in [0.05, 0.1) is 12.4 Å². The fourth-order valence-corrected chi connectivity index (χ4v) is 2.88. The molecule has 0 unspecified atom stereocenters. The van der Waals surface area contributed by atoms with Crippen molar-refractivity contribution in [1.82, 2.24) is 14.5 Å². The van der Waals surface area contributed by atoms with Crippen molar-refractivity contribution in [3.05, 3.63) is 58.0 Å². The smallest absolute Gasteiger partial charge is 0.160 e. The molecule has 3 rings (SSSR count). The van der Waals surface area contributed by atoms with Gasteiger partial charge in [0.2, 0.25) is 0 Å². The molecule has 102 valence electrons. The number of hydrogen-bond donors (Lipinski definition) is 0. The van der Waals surface area contributed by atoms with Crippen LogP contribution in [0.3, 0.4) is 0 Å². The second-order valence-electron chi connectivity index (χ2n) is 4.67. The summed E-state index contributed by atoms with van der Waals surface area (Å²) in [5.74, 6) is 1.23. The van der Waals surface area contributed by atoms with Crippen LogP contribution >= 0.6 is 27.5 Å². The molecule has 1 aromatic carbocycles. The van der Waals surface area contributed by atoms with E-state index in [4.69, 9.17) is 11.6 Å². The van der Waals surface area contributed by atoms with E-state index in [-0.39, 0.29) is 0 Å². The van der Waals surface area contributed by atoms with Gasteiger partial charge in [0, 0.05) is 10.2 Å². The molecule has 0 aliphatic carbocycles. The van der Waals surface area contributed by atoms with Gasteiger partial charge in [-0.3, -0.25) is 0 Å². The van der Waals surface area contributed by atoms with Gasteiger partial charge >= 0.3 is 0 Å². The molecule has 0 radical (unpaired) electrons. The highest BCUT2D eigenvalue weighted by Crippen LogP contribution is 2.19. The van der Waals surface area contributed by atoms with Crippen molar-refractivity contribution in [2.75, 3.05) is 0 Å². The molecule has 3 nitrogen and oxygen atoms in total. The molecule has 0 fully saturated rings. The van der Waals surface area contributed by atoms with Crippen molar-refractivity contribution in [3.63, 3.8) is 0 Å². The lowest BCUT2D eigenvalue weighted by Gasteiger charge is -2.08. The molecular weight excluding hydrogens is 338 g/mol. The number of nitrogens with zero attached hydrogens (tertiary/aromatic N) is 3. The van der Waals surface area contributed by atoms with E-state index in [9.17, 15) is 0 Å². The summed E-state index contributed by atoms with van der Waals surface area (Å²) in [6.07, 6.45) is 0. The van der Waals surface area contributed by atoms with Crippen LogP contribution in [0.4, 0.5) is 0 Å². The molecule has 0 saturated carbocycles. The number of rotatable bonds is 3. The average molecular weight is 351 g/mol. The molecule has 0 bridgehead atoms. The second-order valence-corrected chi connectivity index (χ2v) is 5.86. The number of benzene rings is 1. The van der Waals surface area contributed by atoms with E-state index in [1.807, 2.05) is 31.2 Å². The Kier molecular flexibility index (Phi) is 3.76. The van der Waals surface area contributed by atoms with E-state index in [1.165, 1.54) is 5.56 Å². The number of aryl methyl sites for hydroxylation is 1. The maximum absolute atomic E-state index is 6.02. The molecule has 20 heavy (non-hydrogen) atoms. The van der Waals surface area contributed by atoms with Crippen LogP contribution in [0.25, 0.3) is 11.2 Å². The summed E-state index contributed by atoms with van der Waals surface area (Å²) >= 11 is 9.52. The number of aromatic nitrogens is 3. The Morgan fingerprint density at radius 2 is 2.05 bits per heavy atom. The molecule has 0 spiro atoms. The molecule has 0 N–H and O–H groups in total. The Labute approximate surface area is 130 Å². The first-order valence-electron chi connectivity index (χ1n) is 6.30. The third-order valence-electron chi connectivity index (χ3n) is 3.16. The van der Waals surface area contributed by atoms with Crippen LogP contribution in [-0.4, -0.2) is 14.5 Å². The van der Waals surface area contributed by atoms with Crippen molar-refractivity contribution in [3.8, 4) is 0 Å². The van der Waals surface area contributed by atoms with Crippen LogP contribution in [0, 0.1) is 6.92 Å². The van der Waals surface area contributed by atoms with Gasteiger partial charge in [-0.15, -0.1) is 11.6 Å². The first kappa shape index (κ1) is 13.6. The average Bonchev–Trinajstić information content (AvgIpc) is 2.76. The Balaban J connectivity index is 2.11. The zero-order chi connectivity index (χ0) is 14.1. The molecule has 2 heterocycles. The summed E-state index contributed by atoms with van der Waals surface area (Å²) in [4.78, 5) is 9.14. The van der Waals surface area contributed by atoms with Crippen LogP contribution in [-0.2, 0) is 12.4 Å². The standard InChI is InChI=1S/C15H13BrClN3/c1-10-5-6-13-15(18-10)20(14(8-17)19-13)9-11-3-2-4-12(16)7-11/h2-7H,8-9H2,1H3. The molecule has 2 aromatic heterocycles. The fourth-order valence-electron chi connectivity index (χ4n) is 2.23. The maximum atomic E-state index is 6.02. The Bertz CT molecular complexity index is 767. The lowest BCUT2D eigenvalue weighted by atomic mass is 10.2. The highest BCUT2D eigenvalue weighted by atomic mass is 79.9. The van der Waals surface area contributed by atoms with Crippen molar-refractivity contribution < 1.29 is 0 Å². The lowest BCUT2D eigenvalue weighted by Crippen LogP contribution is -2.05. The predicted octanol–water partition coefficient (Wildman–Crippen LogP) is 4.29. The minimum absolute atomic E-state index is 0.378. The van der Waals surface area contributed by atoms with Crippen LogP contribution in [0.2, 0.25) is 0 Å². The van der Waals surface area contributed by atoms with Crippen molar-refractivity contribution in [1.29, 1.82) is 0 Å². The van der Waals surface area contributed by atoms with Crippen LogP contribution in [0.1, 0.15) is 17.1 Å². The summed E-state index contributed by atoms with van der Waals surface area (Å²) in [5.41, 5.74) is 3.95. The number of imidazole rings is 1. The molecule has 0 atom stereocenters. The molecular formula is C15H13BrClN3. The maximum Gasteiger partial charge on any atom is 0.160 e. The predicted molar refractivity (Wildman–Crippen MR) is 85.1 cm³/mol. The topological polar surface area (TPSA) is 30.7 Å². The van der Waals surface area contributed by atoms with Gasteiger partial charge in [-0.25, -0.2) is 9.97 Å². The van der Waals surface area contributed by atoms with E-state index in [0.29, 0.717) is 12.4 Å². The molecule has 0 aliphatic heterocycles. The summed E-state index contributed by atoms with van der Waals surface area (Å²) < 4.78 is 3.15. The largest absolute Gasteiger partial charge is 0.307 e. The molecule has 3 aromatic rings. The Morgan fingerprint density at radius 3 is 2.80 bits per heavy atom. The highest BCUT2D eigenvalue weighted by molar-refractivity contribution is 9.10. The number of fused-ring (bicyclic) bond motifs is 1. The number of halogens is 2. The summed E-state index contributed by atoms with van der Waals surface area (Å²) in [5, 5.41) is 0. The van der Waals surface area contributed by atoms with Crippen LogP contribution in [0.5, 0.6) is 0 Å². The Morgan fingerprint density at radius 1 is 1.20 bits per heavy atom. The van der Waals surface area contributed by atoms with E-state index in [1.54, 1.807) is 0 Å². The van der Waals surface area contributed by atoms with Crippen molar-refractivity contribution in [2.45, 2.75) is 19.3 Å². The number of hydrogen-bond acceptors (Lipinski definition) is 2. The van der Waals surface area contributed by atoms with Gasteiger partial charge in [0.15, 0.2) is 5.65 Å². The third-order valence-corrected chi connectivity index (χ3v) is 3.89. The van der Waals surface area contributed by atoms with E-state index in [0.717, 1.165) is 27.2 Å². The summed E-state index contributed by atoms with van der Waals surface area (Å²) in [6.45, 7) is 2.70. The first-order chi connectivity index (χ1) is 9.67. The van der Waals surface area contributed by atoms with Gasteiger partial charge < -0.3 is 4.57 Å². The minimum Gasteiger partial charge on any atom is -0.307 e. The number of alkyl halides is 1. The minimum atomic E-state index is 0.378. The zero-order valence-corrected chi connectivity index (χ0v) is 13.3. The first-order valence-corrected chi connectivity index (χ1v) is 7.63. The van der Waals surface area contributed by atoms with Gasteiger partial charge in [0.1, 0.15) is 11.3 Å². The highest BCUT2D eigenvalue weighted by Gasteiger charge is 2.11. The molecule has 0 aliphatic rings. The normalized spacial score (nSPS) is 11.2. The van der Waals surface area contributed by atoms with Gasteiger partial charge in [0.25, 0.3) is 0 Å². The van der Waals surface area contributed by atoms with Crippen molar-refractivity contribution in [2.24, 2.45) is 0 Å². The Hall–Kier alpha value is -1.39. The second kappa shape index (κ2) is 5.54. The zero-order valence-electron chi connectivity index (χ0n) is 11.0. The van der Waals surface area contributed by atoms with Crippen molar-refractivity contribution >= 4 is 38.7 Å². The van der Waals surface area contributed by atoms with Gasteiger partial charge in [-0.1, -0.05) is 28.1 Å². The molecule has 0 amide bonds. The quantitative estimate of drug-likeness (QED) is 0.660. The van der Waals surface area contributed by atoms with Crippen LogP contribution < -0.4 is 0 Å². The SMILES string of the molecule is Cc1ccc2nc(CCl)n(Cc3cccc(Br)c3)c2n1.